The van der Waals surface area contributed by atoms with Crippen LogP contribution in [0.15, 0.2) is 42.5 Å². The quantitative estimate of drug-likeness (QED) is 0.385. The van der Waals surface area contributed by atoms with Gasteiger partial charge in [-0.3, -0.25) is 14.4 Å². The summed E-state index contributed by atoms with van der Waals surface area (Å²) in [5.41, 5.74) is 1.88. The SMILES string of the molecule is CC(=O)c1cccc(NC(=O)COC(=O)CCCOc2ccc(Cl)cc2C)c1. The van der Waals surface area contributed by atoms with Gasteiger partial charge >= 0.3 is 5.97 Å². The number of ketones is 1. The van der Waals surface area contributed by atoms with Gasteiger partial charge in [0.2, 0.25) is 0 Å². The van der Waals surface area contributed by atoms with Gasteiger partial charge in [0.25, 0.3) is 5.91 Å². The molecule has 0 radical (unpaired) electrons. The lowest BCUT2D eigenvalue weighted by Crippen LogP contribution is -2.21. The van der Waals surface area contributed by atoms with E-state index in [4.69, 9.17) is 21.1 Å². The minimum atomic E-state index is -0.482. The summed E-state index contributed by atoms with van der Waals surface area (Å²) in [5.74, 6) is -0.338. The van der Waals surface area contributed by atoms with E-state index in [1.165, 1.54) is 6.92 Å². The Kier molecular flexibility index (Phi) is 8.02. The van der Waals surface area contributed by atoms with E-state index in [1.807, 2.05) is 6.92 Å². The van der Waals surface area contributed by atoms with Crippen molar-refractivity contribution in [3.63, 3.8) is 0 Å². The highest BCUT2D eigenvalue weighted by atomic mass is 35.5. The number of ether oxygens (including phenoxy) is 2. The molecule has 148 valence electrons. The first-order valence-electron chi connectivity index (χ1n) is 8.80. The highest BCUT2D eigenvalue weighted by Gasteiger charge is 2.09. The van der Waals surface area contributed by atoms with Crippen LogP contribution in [0.2, 0.25) is 5.02 Å². The number of halogens is 1. The molecule has 0 fully saturated rings. The van der Waals surface area contributed by atoms with Crippen molar-refractivity contribution in [2.45, 2.75) is 26.7 Å². The summed E-state index contributed by atoms with van der Waals surface area (Å²) in [4.78, 5) is 35.0. The van der Waals surface area contributed by atoms with Crippen LogP contribution in [-0.4, -0.2) is 30.9 Å². The maximum absolute atomic E-state index is 11.9. The molecule has 2 rings (SSSR count). The topological polar surface area (TPSA) is 81.7 Å². The van der Waals surface area contributed by atoms with E-state index >= 15 is 0 Å². The van der Waals surface area contributed by atoms with Crippen molar-refractivity contribution in [2.24, 2.45) is 0 Å². The van der Waals surface area contributed by atoms with Crippen LogP contribution in [-0.2, 0) is 14.3 Å². The van der Waals surface area contributed by atoms with Gasteiger partial charge in [-0.25, -0.2) is 0 Å². The maximum Gasteiger partial charge on any atom is 0.306 e. The number of aryl methyl sites for hydroxylation is 1. The Labute approximate surface area is 168 Å². The Morgan fingerprint density at radius 1 is 1.11 bits per heavy atom. The molecule has 0 aliphatic carbocycles. The Morgan fingerprint density at radius 3 is 2.61 bits per heavy atom. The largest absolute Gasteiger partial charge is 0.493 e. The lowest BCUT2D eigenvalue weighted by Gasteiger charge is -2.09. The zero-order valence-corrected chi connectivity index (χ0v) is 16.5. The molecule has 0 saturated heterocycles. The molecule has 0 spiro atoms. The van der Waals surface area contributed by atoms with Gasteiger partial charge in [-0.2, -0.15) is 0 Å². The number of rotatable bonds is 9. The van der Waals surface area contributed by atoms with Gasteiger partial charge in [0, 0.05) is 22.7 Å². The number of amides is 1. The zero-order valence-electron chi connectivity index (χ0n) is 15.8. The number of hydrogen-bond donors (Lipinski definition) is 1. The average molecular weight is 404 g/mol. The van der Waals surface area contributed by atoms with Crippen molar-refractivity contribution < 1.29 is 23.9 Å². The number of carbonyl (C=O) groups is 3. The molecule has 0 aliphatic heterocycles. The number of hydrogen-bond acceptors (Lipinski definition) is 5. The molecular formula is C21H22ClNO5. The van der Waals surface area contributed by atoms with Crippen LogP contribution in [0.3, 0.4) is 0 Å². The van der Waals surface area contributed by atoms with Gasteiger partial charge in [-0.05, 0) is 56.2 Å². The van der Waals surface area contributed by atoms with Crippen molar-refractivity contribution in [1.82, 2.24) is 0 Å². The predicted molar refractivity (Wildman–Crippen MR) is 107 cm³/mol. The molecule has 1 amide bonds. The number of Topliss-reactive ketones (excluding diaryl/α,β-unsaturated/α-hetero) is 1. The number of benzene rings is 2. The van der Waals surface area contributed by atoms with Crippen molar-refractivity contribution in [3.8, 4) is 5.75 Å². The van der Waals surface area contributed by atoms with E-state index in [2.05, 4.69) is 5.32 Å². The predicted octanol–water partition coefficient (Wildman–Crippen LogP) is 4.19. The molecule has 7 heteroatoms. The van der Waals surface area contributed by atoms with E-state index in [-0.39, 0.29) is 18.8 Å². The molecule has 6 nitrogen and oxygen atoms in total. The minimum absolute atomic E-state index is 0.0986. The smallest absolute Gasteiger partial charge is 0.306 e. The highest BCUT2D eigenvalue weighted by Crippen LogP contribution is 2.22. The standard InChI is InChI=1S/C21H22ClNO5/c1-14-11-17(22)8-9-19(14)27-10-4-7-21(26)28-13-20(25)23-18-6-3-5-16(12-18)15(2)24/h3,5-6,8-9,11-12H,4,7,10,13H2,1-2H3,(H,23,25). The molecule has 2 aromatic carbocycles. The number of carbonyl (C=O) groups excluding carboxylic acids is 3. The third-order valence-corrected chi connectivity index (χ3v) is 4.07. The second-order valence-electron chi connectivity index (χ2n) is 6.21. The lowest BCUT2D eigenvalue weighted by molar-refractivity contribution is -0.147. The Bertz CT molecular complexity index is 866. The molecule has 0 aliphatic rings. The molecule has 0 atom stereocenters. The van der Waals surface area contributed by atoms with Crippen molar-refractivity contribution in [1.29, 1.82) is 0 Å². The van der Waals surface area contributed by atoms with Crippen molar-refractivity contribution >= 4 is 34.9 Å². The summed E-state index contributed by atoms with van der Waals surface area (Å²) < 4.78 is 10.6. The molecule has 0 heterocycles. The van der Waals surface area contributed by atoms with E-state index in [0.717, 1.165) is 5.56 Å². The van der Waals surface area contributed by atoms with E-state index in [1.54, 1.807) is 42.5 Å². The minimum Gasteiger partial charge on any atom is -0.493 e. The summed E-state index contributed by atoms with van der Waals surface area (Å²) in [6.07, 6.45) is 0.600. The lowest BCUT2D eigenvalue weighted by atomic mass is 10.1. The first kappa shape index (κ1) is 21.4. The molecular weight excluding hydrogens is 382 g/mol. The van der Waals surface area contributed by atoms with Crippen molar-refractivity contribution in [3.05, 3.63) is 58.6 Å². The fourth-order valence-corrected chi connectivity index (χ4v) is 2.63. The molecule has 0 aromatic heterocycles. The average Bonchev–Trinajstić information content (AvgIpc) is 2.65. The van der Waals surface area contributed by atoms with Crippen LogP contribution in [0.5, 0.6) is 5.75 Å². The molecule has 1 N–H and O–H groups in total. The summed E-state index contributed by atoms with van der Waals surface area (Å²) in [6, 6.07) is 11.9. The van der Waals surface area contributed by atoms with Crippen LogP contribution < -0.4 is 10.1 Å². The third kappa shape index (κ3) is 7.04. The normalized spacial score (nSPS) is 10.2. The maximum atomic E-state index is 11.9. The van der Waals surface area contributed by atoms with Gasteiger partial charge in [0.05, 0.1) is 6.61 Å². The fourth-order valence-electron chi connectivity index (χ4n) is 2.40. The summed E-state index contributed by atoms with van der Waals surface area (Å²) in [5, 5.41) is 3.23. The number of esters is 1. The second kappa shape index (κ2) is 10.5. The first-order valence-corrected chi connectivity index (χ1v) is 9.18. The van der Waals surface area contributed by atoms with Crippen molar-refractivity contribution in [2.75, 3.05) is 18.5 Å². The molecule has 0 saturated carbocycles. The third-order valence-electron chi connectivity index (χ3n) is 3.84. The highest BCUT2D eigenvalue weighted by molar-refractivity contribution is 6.30. The number of anilines is 1. The van der Waals surface area contributed by atoms with Gasteiger partial charge in [-0.1, -0.05) is 23.7 Å². The van der Waals surface area contributed by atoms with Crippen LogP contribution in [0, 0.1) is 6.92 Å². The first-order chi connectivity index (χ1) is 13.3. The van der Waals surface area contributed by atoms with E-state index in [0.29, 0.717) is 35.1 Å². The summed E-state index contributed by atoms with van der Waals surface area (Å²) >= 11 is 5.89. The van der Waals surface area contributed by atoms with Crippen LogP contribution >= 0.6 is 11.6 Å². The molecule has 2 aromatic rings. The molecule has 0 unspecified atom stereocenters. The summed E-state index contributed by atoms with van der Waals surface area (Å²) in [6.45, 7) is 3.29. The second-order valence-corrected chi connectivity index (χ2v) is 6.64. The van der Waals surface area contributed by atoms with Crippen LogP contribution in [0.1, 0.15) is 35.7 Å². The van der Waals surface area contributed by atoms with Gasteiger partial charge in [0.1, 0.15) is 5.75 Å². The van der Waals surface area contributed by atoms with E-state index in [9.17, 15) is 14.4 Å². The Balaban J connectivity index is 1.67. The monoisotopic (exact) mass is 403 g/mol. The van der Waals surface area contributed by atoms with Crippen LogP contribution in [0.25, 0.3) is 0 Å². The van der Waals surface area contributed by atoms with Gasteiger partial charge in [0.15, 0.2) is 12.4 Å². The molecule has 28 heavy (non-hydrogen) atoms. The fraction of sp³-hybridized carbons (Fsp3) is 0.286. The molecule has 0 bridgehead atoms. The summed E-state index contributed by atoms with van der Waals surface area (Å²) in [7, 11) is 0. The van der Waals surface area contributed by atoms with Crippen LogP contribution in [0.4, 0.5) is 5.69 Å². The van der Waals surface area contributed by atoms with Gasteiger partial charge in [-0.15, -0.1) is 0 Å². The number of nitrogens with one attached hydrogen (secondary N) is 1. The Morgan fingerprint density at radius 2 is 1.89 bits per heavy atom. The van der Waals surface area contributed by atoms with E-state index < -0.39 is 11.9 Å². The zero-order chi connectivity index (χ0) is 20.5. The van der Waals surface area contributed by atoms with Gasteiger partial charge < -0.3 is 14.8 Å². The Hall–Kier alpha value is -2.86.